The first-order chi connectivity index (χ1) is 12.2. The smallest absolute Gasteiger partial charge is 0.274 e. The van der Waals surface area contributed by atoms with Crippen molar-refractivity contribution in [2.75, 3.05) is 13.7 Å². The zero-order valence-electron chi connectivity index (χ0n) is 14.2. The van der Waals surface area contributed by atoms with E-state index in [0.29, 0.717) is 17.1 Å². The van der Waals surface area contributed by atoms with Crippen molar-refractivity contribution >= 4 is 5.91 Å². The van der Waals surface area contributed by atoms with Crippen LogP contribution in [-0.4, -0.2) is 34.7 Å². The van der Waals surface area contributed by atoms with Gasteiger partial charge in [0.2, 0.25) is 0 Å². The van der Waals surface area contributed by atoms with E-state index in [4.69, 9.17) is 9.15 Å². The Kier molecular flexibility index (Phi) is 3.80. The van der Waals surface area contributed by atoms with Crippen molar-refractivity contribution in [3.8, 4) is 17.2 Å². The Morgan fingerprint density at radius 2 is 2.20 bits per heavy atom. The van der Waals surface area contributed by atoms with Crippen LogP contribution in [0, 0.1) is 6.92 Å². The van der Waals surface area contributed by atoms with Crippen molar-refractivity contribution in [3.05, 3.63) is 59.5 Å². The number of carbonyl (C=O) groups excluding carboxylic acids is 1. The van der Waals surface area contributed by atoms with Gasteiger partial charge in [-0.15, -0.1) is 0 Å². The number of methoxy groups -OCH3 is 1. The Hall–Kier alpha value is -3.02. The van der Waals surface area contributed by atoms with Crippen LogP contribution in [0.5, 0.6) is 5.75 Å². The summed E-state index contributed by atoms with van der Waals surface area (Å²) in [6.07, 6.45) is 0.938. The largest absolute Gasteiger partial charge is 0.497 e. The molecule has 6 nitrogen and oxygen atoms in total. The molecule has 1 aromatic carbocycles. The number of carbonyl (C=O) groups is 1. The first-order valence-electron chi connectivity index (χ1n) is 8.23. The van der Waals surface area contributed by atoms with E-state index < -0.39 is 0 Å². The van der Waals surface area contributed by atoms with E-state index in [9.17, 15) is 4.79 Å². The number of nitrogens with zero attached hydrogens (tertiary/aromatic N) is 2. The van der Waals surface area contributed by atoms with Gasteiger partial charge in [0.1, 0.15) is 17.2 Å². The van der Waals surface area contributed by atoms with Crippen molar-refractivity contribution in [2.24, 2.45) is 0 Å². The summed E-state index contributed by atoms with van der Waals surface area (Å²) in [4.78, 5) is 14.6. The summed E-state index contributed by atoms with van der Waals surface area (Å²) in [5.74, 6) is 2.22. The highest BCUT2D eigenvalue weighted by molar-refractivity contribution is 5.94. The molecular formula is C19H19N3O3. The zero-order valence-corrected chi connectivity index (χ0v) is 14.2. The number of aryl methyl sites for hydroxylation is 1. The number of aromatic nitrogens is 2. The maximum atomic E-state index is 12.8. The number of nitrogens with one attached hydrogen (secondary N) is 1. The first kappa shape index (κ1) is 15.5. The average molecular weight is 337 g/mol. The number of hydrogen-bond donors (Lipinski definition) is 1. The van der Waals surface area contributed by atoms with Gasteiger partial charge in [0.25, 0.3) is 5.91 Å². The number of likely N-dealkylation sites (tertiary alicyclic amines) is 1. The number of H-pyrrole nitrogens is 1. The lowest BCUT2D eigenvalue weighted by Gasteiger charge is -2.41. The van der Waals surface area contributed by atoms with Crippen molar-refractivity contribution in [3.63, 3.8) is 0 Å². The summed E-state index contributed by atoms with van der Waals surface area (Å²) in [5.41, 5.74) is 2.18. The molecule has 2 aromatic heterocycles. The van der Waals surface area contributed by atoms with Crippen molar-refractivity contribution in [1.29, 1.82) is 0 Å². The number of hydrogen-bond acceptors (Lipinski definition) is 4. The van der Waals surface area contributed by atoms with Crippen LogP contribution in [0.25, 0.3) is 11.5 Å². The molecule has 0 unspecified atom stereocenters. The average Bonchev–Trinajstić information content (AvgIpc) is 3.23. The third-order valence-corrected chi connectivity index (χ3v) is 4.56. The summed E-state index contributed by atoms with van der Waals surface area (Å²) in [6, 6.07) is 13.4. The number of furan rings is 1. The minimum atomic E-state index is -0.0788. The Bertz CT molecular complexity index is 912. The van der Waals surface area contributed by atoms with Gasteiger partial charge < -0.3 is 14.1 Å². The highest BCUT2D eigenvalue weighted by Crippen LogP contribution is 2.36. The molecule has 1 amide bonds. The van der Waals surface area contributed by atoms with Gasteiger partial charge in [-0.05, 0) is 43.2 Å². The van der Waals surface area contributed by atoms with Gasteiger partial charge in [-0.1, -0.05) is 12.1 Å². The fraction of sp³-hybridized carbons (Fsp3) is 0.263. The normalized spacial score (nSPS) is 16.6. The molecule has 128 valence electrons. The molecule has 1 atom stereocenters. The number of amides is 1. The topological polar surface area (TPSA) is 71.4 Å². The van der Waals surface area contributed by atoms with Gasteiger partial charge in [-0.3, -0.25) is 9.89 Å². The van der Waals surface area contributed by atoms with E-state index in [2.05, 4.69) is 10.2 Å². The van der Waals surface area contributed by atoms with Crippen LogP contribution in [0.1, 0.15) is 34.3 Å². The summed E-state index contributed by atoms with van der Waals surface area (Å²) in [5, 5.41) is 7.05. The van der Waals surface area contributed by atoms with Crippen LogP contribution >= 0.6 is 0 Å². The molecule has 1 aliphatic heterocycles. The highest BCUT2D eigenvalue weighted by atomic mass is 16.5. The molecule has 3 heterocycles. The molecule has 3 aromatic rings. The Labute approximate surface area is 145 Å². The zero-order chi connectivity index (χ0) is 17.4. The standard InChI is InChI=1S/C19H19N3O3/c1-12-6-7-18(25-12)15-11-16(21-20-15)19(23)22-9-8-17(22)13-4-3-5-14(10-13)24-2/h3-7,10-11,17H,8-9H2,1-2H3,(H,20,21)/t17-/m1/s1. The fourth-order valence-electron chi connectivity index (χ4n) is 3.11. The summed E-state index contributed by atoms with van der Waals surface area (Å²) < 4.78 is 10.8. The van der Waals surface area contributed by atoms with Crippen molar-refractivity contribution in [1.82, 2.24) is 15.1 Å². The molecule has 1 saturated heterocycles. The lowest BCUT2D eigenvalue weighted by molar-refractivity contribution is 0.0453. The molecule has 4 rings (SSSR count). The molecule has 0 aliphatic carbocycles. The van der Waals surface area contributed by atoms with E-state index >= 15 is 0 Å². The van der Waals surface area contributed by atoms with Crippen LogP contribution in [0.3, 0.4) is 0 Å². The second-order valence-electron chi connectivity index (χ2n) is 6.16. The maximum Gasteiger partial charge on any atom is 0.274 e. The van der Waals surface area contributed by atoms with Gasteiger partial charge in [0.05, 0.1) is 13.2 Å². The van der Waals surface area contributed by atoms with Crippen LogP contribution in [-0.2, 0) is 0 Å². The van der Waals surface area contributed by atoms with E-state index in [0.717, 1.165) is 30.0 Å². The minimum absolute atomic E-state index is 0.0635. The number of benzene rings is 1. The van der Waals surface area contributed by atoms with E-state index in [1.165, 1.54) is 0 Å². The Morgan fingerprint density at radius 3 is 2.88 bits per heavy atom. The number of aromatic amines is 1. The first-order valence-corrected chi connectivity index (χ1v) is 8.23. The molecule has 25 heavy (non-hydrogen) atoms. The fourth-order valence-corrected chi connectivity index (χ4v) is 3.11. The number of rotatable bonds is 4. The SMILES string of the molecule is COc1cccc([C@H]2CCN2C(=O)c2cc(-c3ccc(C)o3)[nH]n2)c1. The van der Waals surface area contributed by atoms with Crippen LogP contribution in [0.2, 0.25) is 0 Å². The van der Waals surface area contributed by atoms with Crippen LogP contribution in [0.15, 0.2) is 46.9 Å². The summed E-state index contributed by atoms with van der Waals surface area (Å²) in [7, 11) is 1.64. The van der Waals surface area contributed by atoms with Gasteiger partial charge >= 0.3 is 0 Å². The van der Waals surface area contributed by atoms with Crippen molar-refractivity contribution < 1.29 is 13.9 Å². The minimum Gasteiger partial charge on any atom is -0.497 e. The molecule has 0 bridgehead atoms. The van der Waals surface area contributed by atoms with Crippen LogP contribution < -0.4 is 4.74 Å². The van der Waals surface area contributed by atoms with E-state index in [1.54, 1.807) is 13.2 Å². The Morgan fingerprint density at radius 1 is 1.32 bits per heavy atom. The maximum absolute atomic E-state index is 12.8. The molecule has 1 fully saturated rings. The molecular weight excluding hydrogens is 318 g/mol. The lowest BCUT2D eigenvalue weighted by Crippen LogP contribution is -2.45. The predicted molar refractivity (Wildman–Crippen MR) is 92.4 cm³/mol. The molecule has 1 N–H and O–H groups in total. The molecule has 0 saturated carbocycles. The highest BCUT2D eigenvalue weighted by Gasteiger charge is 2.35. The quantitative estimate of drug-likeness (QED) is 0.790. The van der Waals surface area contributed by atoms with E-state index in [1.807, 2.05) is 48.2 Å². The monoisotopic (exact) mass is 337 g/mol. The van der Waals surface area contributed by atoms with Crippen molar-refractivity contribution in [2.45, 2.75) is 19.4 Å². The molecule has 0 spiro atoms. The number of ether oxygens (including phenoxy) is 1. The Balaban J connectivity index is 1.54. The predicted octanol–water partition coefficient (Wildman–Crippen LogP) is 3.57. The summed E-state index contributed by atoms with van der Waals surface area (Å²) in [6.45, 7) is 2.60. The second-order valence-corrected chi connectivity index (χ2v) is 6.16. The molecule has 0 radical (unpaired) electrons. The third-order valence-electron chi connectivity index (χ3n) is 4.56. The summed E-state index contributed by atoms with van der Waals surface area (Å²) >= 11 is 0. The van der Waals surface area contributed by atoms with Gasteiger partial charge in [0.15, 0.2) is 11.5 Å². The van der Waals surface area contributed by atoms with E-state index in [-0.39, 0.29) is 11.9 Å². The van der Waals surface area contributed by atoms with Gasteiger partial charge in [-0.25, -0.2) is 0 Å². The van der Waals surface area contributed by atoms with Crippen LogP contribution in [0.4, 0.5) is 0 Å². The molecule has 6 heteroatoms. The van der Waals surface area contributed by atoms with Gasteiger partial charge in [0, 0.05) is 12.6 Å². The second kappa shape index (κ2) is 6.12. The lowest BCUT2D eigenvalue weighted by atomic mass is 9.94. The molecule has 1 aliphatic rings. The van der Waals surface area contributed by atoms with Gasteiger partial charge in [-0.2, -0.15) is 5.10 Å². The third kappa shape index (κ3) is 2.80.